The molecule has 0 saturated carbocycles. The molecule has 0 amide bonds. The molecule has 0 aliphatic rings. The van der Waals surface area contributed by atoms with E-state index in [9.17, 15) is 0 Å². The molecule has 0 unspecified atom stereocenters. The summed E-state index contributed by atoms with van der Waals surface area (Å²) < 4.78 is 20.0. The number of halogens is 1. The third-order valence-corrected chi connectivity index (χ3v) is 11.7. The molecule has 0 aromatic rings. The van der Waals surface area contributed by atoms with Gasteiger partial charge in [0.2, 0.25) is 0 Å². The lowest BCUT2D eigenvalue weighted by molar-refractivity contribution is 0.168. The molecule has 0 atom stereocenters. The molecule has 0 aliphatic carbocycles. The molecule has 3 nitrogen and oxygen atoms in total. The highest BCUT2D eigenvalue weighted by Gasteiger charge is 2.46. The highest BCUT2D eigenvalue weighted by atomic mass is 127. The van der Waals surface area contributed by atoms with Crippen LogP contribution in [0.4, 0.5) is 0 Å². The Hall–Kier alpha value is 1.26. The largest absolute Gasteiger partial charge is 0.480 e. The normalized spacial score (nSPS) is 14.0. The van der Waals surface area contributed by atoms with Gasteiger partial charge in [0, 0.05) is 12.7 Å². The molecule has 0 aliphatic heterocycles. The van der Waals surface area contributed by atoms with Crippen molar-refractivity contribution in [2.75, 3.05) is 11.0 Å². The van der Waals surface area contributed by atoms with E-state index in [1.165, 1.54) is 0 Å². The number of rotatable bonds is 9. The lowest BCUT2D eigenvalue weighted by Gasteiger charge is -2.39. The van der Waals surface area contributed by atoms with Crippen LogP contribution in [0.3, 0.4) is 0 Å². The summed E-state index contributed by atoms with van der Waals surface area (Å²) in [5.74, 6) is 0. The zero-order valence-electron chi connectivity index (χ0n) is 12.9. The Morgan fingerprint density at radius 3 is 1.61 bits per heavy atom. The lowest BCUT2D eigenvalue weighted by atomic mass is 10.6. The maximum Gasteiger partial charge on any atom is 0.480 e. The van der Waals surface area contributed by atoms with E-state index in [0.29, 0.717) is 6.61 Å². The Labute approximate surface area is 130 Å². The maximum absolute atomic E-state index is 6.41. The summed E-state index contributed by atoms with van der Waals surface area (Å²) >= 11 is 2.41. The van der Waals surface area contributed by atoms with Crippen molar-refractivity contribution in [3.05, 3.63) is 0 Å². The fourth-order valence-corrected chi connectivity index (χ4v) is 13.3. The van der Waals surface area contributed by atoms with E-state index in [2.05, 4.69) is 61.9 Å². The van der Waals surface area contributed by atoms with Gasteiger partial charge in [0.05, 0.1) is 0 Å². The second kappa shape index (κ2) is 7.89. The Bertz CT molecular complexity index is 223. The van der Waals surface area contributed by atoms with Gasteiger partial charge < -0.3 is 12.7 Å². The van der Waals surface area contributed by atoms with Crippen molar-refractivity contribution in [3.63, 3.8) is 0 Å². The third-order valence-electron chi connectivity index (χ3n) is 1.90. The van der Waals surface area contributed by atoms with E-state index in [4.69, 9.17) is 12.7 Å². The molecular formula is C11H29IO3Si3. The topological polar surface area (TPSA) is 27.7 Å². The Morgan fingerprint density at radius 2 is 1.33 bits per heavy atom. The second-order valence-corrected chi connectivity index (χ2v) is 19.7. The van der Waals surface area contributed by atoms with Gasteiger partial charge in [-0.1, -0.05) is 22.6 Å². The Balaban J connectivity index is 5.01. The van der Waals surface area contributed by atoms with Crippen molar-refractivity contribution in [3.8, 4) is 0 Å². The molecule has 0 saturated heterocycles. The standard InChI is InChI=1S/C11H29IO3Si3/c1-8-13-18(11-9-10-12,14-16(2,3)4)15-17(5,6)7/h8-11H2,1-7H3. The molecule has 0 spiro atoms. The van der Waals surface area contributed by atoms with Crippen molar-refractivity contribution in [1.82, 2.24) is 0 Å². The fourth-order valence-electron chi connectivity index (χ4n) is 1.69. The summed E-state index contributed by atoms with van der Waals surface area (Å²) in [6.45, 7) is 16.0. The number of hydrogen-bond acceptors (Lipinski definition) is 3. The molecule has 0 aromatic carbocycles. The van der Waals surface area contributed by atoms with Crippen LogP contribution < -0.4 is 0 Å². The van der Waals surface area contributed by atoms with Gasteiger partial charge in [-0.15, -0.1) is 0 Å². The van der Waals surface area contributed by atoms with Gasteiger partial charge in [-0.25, -0.2) is 0 Å². The van der Waals surface area contributed by atoms with Crippen molar-refractivity contribution >= 4 is 48.0 Å². The molecular weight excluding hydrogens is 391 g/mol. The quantitative estimate of drug-likeness (QED) is 0.313. The average molecular weight is 421 g/mol. The molecule has 7 heteroatoms. The van der Waals surface area contributed by atoms with E-state index in [-0.39, 0.29) is 0 Å². The molecule has 0 fully saturated rings. The van der Waals surface area contributed by atoms with Crippen LogP contribution in [0, 0.1) is 0 Å². The summed E-state index contributed by atoms with van der Waals surface area (Å²) in [5.41, 5.74) is 0. The first-order valence-corrected chi connectivity index (χ1v) is 16.9. The van der Waals surface area contributed by atoms with Crippen LogP contribution in [0.2, 0.25) is 45.3 Å². The van der Waals surface area contributed by atoms with E-state index >= 15 is 0 Å². The van der Waals surface area contributed by atoms with Crippen molar-refractivity contribution in [2.24, 2.45) is 0 Å². The van der Waals surface area contributed by atoms with E-state index in [1.54, 1.807) is 0 Å². The monoisotopic (exact) mass is 420 g/mol. The van der Waals surface area contributed by atoms with E-state index in [1.807, 2.05) is 6.92 Å². The summed E-state index contributed by atoms with van der Waals surface area (Å²) in [6, 6.07) is 0.957. The predicted molar refractivity (Wildman–Crippen MR) is 94.6 cm³/mol. The van der Waals surface area contributed by atoms with E-state index < -0.39 is 25.4 Å². The van der Waals surface area contributed by atoms with Crippen LogP contribution in [-0.2, 0) is 12.7 Å². The van der Waals surface area contributed by atoms with Crippen LogP contribution in [0.1, 0.15) is 13.3 Å². The van der Waals surface area contributed by atoms with Gasteiger partial charge in [-0.2, -0.15) is 0 Å². The van der Waals surface area contributed by atoms with Gasteiger partial charge in [0.15, 0.2) is 16.6 Å². The second-order valence-electron chi connectivity index (χ2n) is 6.34. The summed E-state index contributed by atoms with van der Waals surface area (Å²) in [5, 5.41) is 0. The predicted octanol–water partition coefficient (Wildman–Crippen LogP) is 4.49. The molecule has 0 heterocycles. The summed E-state index contributed by atoms with van der Waals surface area (Å²) in [4.78, 5) is 0. The van der Waals surface area contributed by atoms with Gasteiger partial charge in [-0.05, 0) is 57.1 Å². The third kappa shape index (κ3) is 9.21. The average Bonchev–Trinajstić information content (AvgIpc) is 2.09. The minimum absolute atomic E-state index is 0.683. The molecule has 0 rings (SSSR count). The van der Waals surface area contributed by atoms with Gasteiger partial charge in [0.1, 0.15) is 0 Å². The smallest absolute Gasteiger partial charge is 0.416 e. The van der Waals surface area contributed by atoms with Gasteiger partial charge in [-0.3, -0.25) is 0 Å². The zero-order valence-corrected chi connectivity index (χ0v) is 18.1. The number of alkyl halides is 1. The first-order chi connectivity index (χ1) is 8.04. The Kier molecular flexibility index (Phi) is 8.44. The van der Waals surface area contributed by atoms with Crippen molar-refractivity contribution in [2.45, 2.75) is 58.7 Å². The molecule has 18 heavy (non-hydrogen) atoms. The summed E-state index contributed by atoms with van der Waals surface area (Å²) in [6.07, 6.45) is 1.11. The minimum atomic E-state index is -2.47. The SMILES string of the molecule is CCO[Si](CCCI)(O[Si](C)(C)C)O[Si](C)(C)C. The molecule has 0 N–H and O–H groups in total. The first-order valence-electron chi connectivity index (χ1n) is 6.64. The highest BCUT2D eigenvalue weighted by Crippen LogP contribution is 2.27. The van der Waals surface area contributed by atoms with Crippen LogP contribution in [0.25, 0.3) is 0 Å². The lowest BCUT2D eigenvalue weighted by Crippen LogP contribution is -2.56. The minimum Gasteiger partial charge on any atom is -0.416 e. The zero-order chi connectivity index (χ0) is 14.4. The summed E-state index contributed by atoms with van der Waals surface area (Å²) in [7, 11) is -5.76. The van der Waals surface area contributed by atoms with Crippen molar-refractivity contribution < 1.29 is 12.7 Å². The van der Waals surface area contributed by atoms with Crippen LogP contribution >= 0.6 is 22.6 Å². The van der Waals surface area contributed by atoms with Crippen LogP contribution in [0.15, 0.2) is 0 Å². The Morgan fingerprint density at radius 1 is 0.889 bits per heavy atom. The van der Waals surface area contributed by atoms with Gasteiger partial charge >= 0.3 is 8.80 Å². The number of hydrogen-bond donors (Lipinski definition) is 0. The molecule has 0 bridgehead atoms. The van der Waals surface area contributed by atoms with Gasteiger partial charge in [0.25, 0.3) is 0 Å². The molecule has 0 radical (unpaired) electrons. The van der Waals surface area contributed by atoms with Crippen molar-refractivity contribution in [1.29, 1.82) is 0 Å². The van der Waals surface area contributed by atoms with Crippen LogP contribution in [-0.4, -0.2) is 36.5 Å². The maximum atomic E-state index is 6.41. The highest BCUT2D eigenvalue weighted by molar-refractivity contribution is 14.1. The van der Waals surface area contributed by atoms with Crippen LogP contribution in [0.5, 0.6) is 0 Å². The molecule has 110 valence electrons. The first kappa shape index (κ1) is 19.3. The fraction of sp³-hybridized carbons (Fsp3) is 1.00. The van der Waals surface area contributed by atoms with E-state index in [0.717, 1.165) is 16.9 Å². The molecule has 0 aromatic heterocycles.